The van der Waals surface area contributed by atoms with Crippen LogP contribution < -0.4 is 4.90 Å². The Morgan fingerprint density at radius 1 is 1.19 bits per heavy atom. The van der Waals surface area contributed by atoms with Crippen LogP contribution in [0.2, 0.25) is 0 Å². The fraction of sp³-hybridized carbons (Fsp3) is 0.538. The maximum Gasteiger partial charge on any atom is 0.501 e. The first-order chi connectivity index (χ1) is 9.61. The van der Waals surface area contributed by atoms with Crippen molar-refractivity contribution in [2.75, 3.05) is 18.1 Å². The molecule has 0 amide bonds. The molecular formula is C13H18F3NO3S. The summed E-state index contributed by atoms with van der Waals surface area (Å²) in [6, 6.07) is 4.66. The van der Waals surface area contributed by atoms with Gasteiger partial charge in [0.25, 0.3) is 9.84 Å². The number of aliphatic hydroxyl groups excluding tert-OH is 1. The lowest BCUT2D eigenvalue weighted by molar-refractivity contribution is -0.0436. The number of hydrogen-bond donors (Lipinski definition) is 1. The van der Waals surface area contributed by atoms with Crippen molar-refractivity contribution in [1.82, 2.24) is 0 Å². The molecule has 0 heterocycles. The van der Waals surface area contributed by atoms with E-state index in [1.165, 1.54) is 12.1 Å². The number of sulfone groups is 1. The van der Waals surface area contributed by atoms with Crippen molar-refractivity contribution >= 4 is 15.5 Å². The van der Waals surface area contributed by atoms with Crippen molar-refractivity contribution in [3.63, 3.8) is 0 Å². The Morgan fingerprint density at radius 2 is 1.71 bits per heavy atom. The summed E-state index contributed by atoms with van der Waals surface area (Å²) in [6.45, 7) is 4.33. The molecule has 0 aliphatic carbocycles. The molecule has 1 aromatic carbocycles. The molecule has 0 unspecified atom stereocenters. The summed E-state index contributed by atoms with van der Waals surface area (Å²) in [7, 11) is -5.31. The van der Waals surface area contributed by atoms with Crippen molar-refractivity contribution in [3.05, 3.63) is 24.3 Å². The van der Waals surface area contributed by atoms with Gasteiger partial charge in [-0.15, -0.1) is 0 Å². The highest BCUT2D eigenvalue weighted by atomic mass is 32.2. The molecule has 1 aromatic rings. The Labute approximate surface area is 122 Å². The first kappa shape index (κ1) is 17.8. The molecule has 0 atom stereocenters. The molecule has 0 saturated carbocycles. The average molecular weight is 325 g/mol. The van der Waals surface area contributed by atoms with Crippen molar-refractivity contribution in [2.45, 2.75) is 36.7 Å². The van der Waals surface area contributed by atoms with Crippen molar-refractivity contribution in [2.24, 2.45) is 0 Å². The molecule has 0 fully saturated rings. The van der Waals surface area contributed by atoms with Gasteiger partial charge in [0, 0.05) is 24.9 Å². The van der Waals surface area contributed by atoms with Crippen LogP contribution in [-0.4, -0.2) is 38.2 Å². The molecule has 0 aliphatic heterocycles. The molecular weight excluding hydrogens is 307 g/mol. The molecule has 1 rings (SSSR count). The molecule has 21 heavy (non-hydrogen) atoms. The van der Waals surface area contributed by atoms with E-state index in [1.807, 2.05) is 18.7 Å². The first-order valence-corrected chi connectivity index (χ1v) is 7.88. The predicted molar refractivity (Wildman–Crippen MR) is 73.9 cm³/mol. The third-order valence-corrected chi connectivity index (χ3v) is 4.47. The van der Waals surface area contributed by atoms with Crippen LogP contribution >= 0.6 is 0 Å². The third-order valence-electron chi connectivity index (χ3n) is 2.96. The van der Waals surface area contributed by atoms with Crippen molar-refractivity contribution < 1.29 is 26.7 Å². The second kappa shape index (κ2) is 6.65. The number of benzene rings is 1. The minimum Gasteiger partial charge on any atom is -0.396 e. The number of alkyl halides is 3. The Bertz CT molecular complexity index is 553. The Morgan fingerprint density at radius 3 is 2.10 bits per heavy atom. The van der Waals surface area contributed by atoms with Gasteiger partial charge in [0.1, 0.15) is 0 Å². The van der Waals surface area contributed by atoms with E-state index in [1.54, 1.807) is 0 Å². The van der Waals surface area contributed by atoms with E-state index in [0.717, 1.165) is 12.1 Å². The number of hydrogen-bond acceptors (Lipinski definition) is 4. The maximum absolute atomic E-state index is 12.4. The predicted octanol–water partition coefficient (Wildman–Crippen LogP) is 2.58. The lowest BCUT2D eigenvalue weighted by atomic mass is 10.2. The van der Waals surface area contributed by atoms with Gasteiger partial charge in [-0.3, -0.25) is 0 Å². The van der Waals surface area contributed by atoms with Crippen LogP contribution in [0.25, 0.3) is 0 Å². The van der Waals surface area contributed by atoms with Crippen LogP contribution in [-0.2, 0) is 9.84 Å². The summed E-state index contributed by atoms with van der Waals surface area (Å²) in [5.74, 6) is 0. The van der Waals surface area contributed by atoms with Gasteiger partial charge >= 0.3 is 5.51 Å². The van der Waals surface area contributed by atoms with Crippen LogP contribution in [0.4, 0.5) is 18.9 Å². The number of nitrogens with zero attached hydrogens (tertiary/aromatic N) is 1. The largest absolute Gasteiger partial charge is 0.501 e. The summed E-state index contributed by atoms with van der Waals surface area (Å²) in [4.78, 5) is 1.10. The lowest BCUT2D eigenvalue weighted by Gasteiger charge is -2.29. The Hall–Kier alpha value is -1.28. The Kier molecular flexibility index (Phi) is 5.63. The molecule has 0 bridgehead atoms. The monoisotopic (exact) mass is 325 g/mol. The van der Waals surface area contributed by atoms with E-state index in [0.29, 0.717) is 18.7 Å². The molecule has 1 N–H and O–H groups in total. The lowest BCUT2D eigenvalue weighted by Crippen LogP contribution is -2.32. The van der Waals surface area contributed by atoms with Gasteiger partial charge in [-0.25, -0.2) is 8.42 Å². The minimum atomic E-state index is -5.31. The third kappa shape index (κ3) is 4.10. The fourth-order valence-corrected chi connectivity index (χ4v) is 2.64. The fourth-order valence-electron chi connectivity index (χ4n) is 1.88. The van der Waals surface area contributed by atoms with Crippen LogP contribution in [0.15, 0.2) is 29.2 Å². The van der Waals surface area contributed by atoms with Gasteiger partial charge in [0.2, 0.25) is 0 Å². The summed E-state index contributed by atoms with van der Waals surface area (Å²) >= 11 is 0. The van der Waals surface area contributed by atoms with E-state index in [9.17, 15) is 21.6 Å². The van der Waals surface area contributed by atoms with Crippen LogP contribution in [0, 0.1) is 0 Å². The first-order valence-electron chi connectivity index (χ1n) is 6.40. The van der Waals surface area contributed by atoms with E-state index in [4.69, 9.17) is 5.11 Å². The number of anilines is 1. The van der Waals surface area contributed by atoms with Crippen molar-refractivity contribution in [1.29, 1.82) is 0 Å². The molecule has 8 heteroatoms. The zero-order valence-electron chi connectivity index (χ0n) is 11.8. The molecule has 0 aromatic heterocycles. The minimum absolute atomic E-state index is 0.00373. The summed E-state index contributed by atoms with van der Waals surface area (Å²) in [5, 5.41) is 8.85. The smallest absolute Gasteiger partial charge is 0.396 e. The van der Waals surface area contributed by atoms with Gasteiger partial charge in [0.15, 0.2) is 0 Å². The maximum atomic E-state index is 12.4. The molecule has 120 valence electrons. The quantitative estimate of drug-likeness (QED) is 0.873. The summed E-state index contributed by atoms with van der Waals surface area (Å²) in [5.41, 5.74) is -4.69. The number of aliphatic hydroxyl groups is 1. The van der Waals surface area contributed by atoms with E-state index in [2.05, 4.69) is 0 Å². The topological polar surface area (TPSA) is 57.6 Å². The second-order valence-electron chi connectivity index (χ2n) is 4.81. The average Bonchev–Trinajstić information content (AvgIpc) is 2.38. The number of halogens is 3. The van der Waals surface area contributed by atoms with Crippen LogP contribution in [0.5, 0.6) is 0 Å². The van der Waals surface area contributed by atoms with Gasteiger partial charge in [-0.2, -0.15) is 13.2 Å². The highest BCUT2D eigenvalue weighted by Gasteiger charge is 2.46. The standard InChI is InChI=1S/C13H18F3NO3S/c1-10(2)17(8-3-9-18)11-4-6-12(7-5-11)21(19,20)13(14,15)16/h4-7,10,18H,3,8-9H2,1-2H3. The second-order valence-corrected chi connectivity index (χ2v) is 6.75. The zero-order chi connectivity index (χ0) is 16.3. The summed E-state index contributed by atoms with van der Waals surface area (Å²) < 4.78 is 59.9. The van der Waals surface area contributed by atoms with E-state index in [-0.39, 0.29) is 12.6 Å². The van der Waals surface area contributed by atoms with E-state index < -0.39 is 20.2 Å². The van der Waals surface area contributed by atoms with Crippen molar-refractivity contribution in [3.8, 4) is 0 Å². The normalized spacial score (nSPS) is 12.7. The number of rotatable bonds is 6. The molecule has 0 spiro atoms. The SMILES string of the molecule is CC(C)N(CCCO)c1ccc(S(=O)(=O)C(F)(F)F)cc1. The van der Waals surface area contributed by atoms with Gasteiger partial charge < -0.3 is 10.0 Å². The molecule has 0 saturated heterocycles. The van der Waals surface area contributed by atoms with Gasteiger partial charge in [-0.05, 0) is 44.5 Å². The highest BCUT2D eigenvalue weighted by molar-refractivity contribution is 7.92. The van der Waals surface area contributed by atoms with Gasteiger partial charge in [-0.1, -0.05) is 0 Å². The zero-order valence-corrected chi connectivity index (χ0v) is 12.6. The molecule has 4 nitrogen and oxygen atoms in total. The van der Waals surface area contributed by atoms with E-state index >= 15 is 0 Å². The van der Waals surface area contributed by atoms with Gasteiger partial charge in [0.05, 0.1) is 4.90 Å². The Balaban J connectivity index is 3.06. The highest BCUT2D eigenvalue weighted by Crippen LogP contribution is 2.31. The molecule has 0 aliphatic rings. The van der Waals surface area contributed by atoms with Crippen LogP contribution in [0.3, 0.4) is 0 Å². The molecule has 0 radical (unpaired) electrons. The summed E-state index contributed by atoms with van der Waals surface area (Å²) in [6.07, 6.45) is 0.515. The van der Waals surface area contributed by atoms with Crippen LogP contribution in [0.1, 0.15) is 20.3 Å².